The van der Waals surface area contributed by atoms with Gasteiger partial charge in [0.25, 0.3) is 0 Å². The topological polar surface area (TPSA) is 32.3 Å². The van der Waals surface area contributed by atoms with E-state index in [9.17, 15) is 5.11 Å². The second-order valence-electron chi connectivity index (χ2n) is 5.94. The molecule has 1 fully saturated rings. The number of aliphatic hydroxyl groups is 1. The van der Waals surface area contributed by atoms with Gasteiger partial charge in [-0.05, 0) is 30.2 Å². The maximum atomic E-state index is 9.85. The van der Waals surface area contributed by atoms with Crippen LogP contribution < -0.4 is 5.32 Å². The molecule has 2 heteroatoms. The Balaban J connectivity index is 2.03. The molecule has 0 heterocycles. The number of aliphatic hydroxyl groups excluding tert-OH is 1. The highest BCUT2D eigenvalue weighted by Crippen LogP contribution is 2.36. The molecule has 0 aromatic heterocycles. The zero-order chi connectivity index (χ0) is 13.0. The van der Waals surface area contributed by atoms with E-state index in [-0.39, 0.29) is 12.1 Å². The van der Waals surface area contributed by atoms with Crippen molar-refractivity contribution in [1.29, 1.82) is 0 Å². The van der Waals surface area contributed by atoms with E-state index in [4.69, 9.17) is 0 Å². The minimum Gasteiger partial charge on any atom is -0.394 e. The first-order valence-electron chi connectivity index (χ1n) is 7.06. The number of hydrogen-bond donors (Lipinski definition) is 2. The summed E-state index contributed by atoms with van der Waals surface area (Å²) in [4.78, 5) is 0. The van der Waals surface area contributed by atoms with Crippen LogP contribution in [0.15, 0.2) is 30.3 Å². The molecule has 18 heavy (non-hydrogen) atoms. The molecular weight excluding hydrogens is 222 g/mol. The molecule has 2 N–H and O–H groups in total. The van der Waals surface area contributed by atoms with E-state index in [1.807, 2.05) is 6.07 Å². The molecule has 100 valence electrons. The highest BCUT2D eigenvalue weighted by molar-refractivity contribution is 5.15. The first-order valence-corrected chi connectivity index (χ1v) is 7.06. The van der Waals surface area contributed by atoms with E-state index in [0.717, 1.165) is 13.0 Å². The zero-order valence-electron chi connectivity index (χ0n) is 11.5. The molecule has 0 bridgehead atoms. The Bertz CT molecular complexity index is 365. The van der Waals surface area contributed by atoms with Crippen molar-refractivity contribution in [2.45, 2.75) is 45.2 Å². The van der Waals surface area contributed by atoms with Gasteiger partial charge < -0.3 is 10.4 Å². The van der Waals surface area contributed by atoms with Gasteiger partial charge in [-0.1, -0.05) is 50.6 Å². The third kappa shape index (κ3) is 2.93. The molecule has 0 saturated heterocycles. The van der Waals surface area contributed by atoms with Gasteiger partial charge in [0.15, 0.2) is 0 Å². The van der Waals surface area contributed by atoms with Crippen LogP contribution in [-0.2, 0) is 6.54 Å². The first kappa shape index (κ1) is 13.6. The molecular formula is C16H25NO. The predicted molar refractivity (Wildman–Crippen MR) is 75.3 cm³/mol. The lowest BCUT2D eigenvalue weighted by Gasteiger charge is -2.45. The monoisotopic (exact) mass is 247 g/mol. The molecule has 3 unspecified atom stereocenters. The number of benzene rings is 1. The SMILES string of the molecule is CC1CCC(C)C(CO)(NCc2ccccc2)C1. The summed E-state index contributed by atoms with van der Waals surface area (Å²) in [5.74, 6) is 1.25. The Morgan fingerprint density at radius 2 is 1.94 bits per heavy atom. The minimum absolute atomic E-state index is 0.0898. The van der Waals surface area contributed by atoms with Gasteiger partial charge in [-0.2, -0.15) is 0 Å². The van der Waals surface area contributed by atoms with Crippen LogP contribution in [0.1, 0.15) is 38.7 Å². The summed E-state index contributed by atoms with van der Waals surface area (Å²) in [5, 5.41) is 13.5. The van der Waals surface area contributed by atoms with E-state index in [0.29, 0.717) is 11.8 Å². The van der Waals surface area contributed by atoms with E-state index in [1.54, 1.807) is 0 Å². The highest BCUT2D eigenvalue weighted by atomic mass is 16.3. The molecule has 1 aliphatic carbocycles. The summed E-state index contributed by atoms with van der Waals surface area (Å²) in [6.45, 7) is 5.64. The second kappa shape index (κ2) is 5.85. The number of hydrogen-bond acceptors (Lipinski definition) is 2. The van der Waals surface area contributed by atoms with E-state index >= 15 is 0 Å². The van der Waals surface area contributed by atoms with Crippen molar-refractivity contribution < 1.29 is 5.11 Å². The third-order valence-corrected chi connectivity index (χ3v) is 4.52. The Hall–Kier alpha value is -0.860. The standard InChI is InChI=1S/C16H25NO/c1-13-8-9-14(2)16(10-13,12-18)17-11-15-6-4-3-5-7-15/h3-7,13-14,17-18H,8-12H2,1-2H3. The maximum absolute atomic E-state index is 9.85. The molecule has 3 atom stereocenters. The van der Waals surface area contributed by atoms with Gasteiger partial charge in [0.1, 0.15) is 0 Å². The van der Waals surface area contributed by atoms with Gasteiger partial charge >= 0.3 is 0 Å². The number of nitrogens with one attached hydrogen (secondary N) is 1. The Morgan fingerprint density at radius 3 is 2.61 bits per heavy atom. The van der Waals surface area contributed by atoms with Crippen LogP contribution >= 0.6 is 0 Å². The van der Waals surface area contributed by atoms with Crippen LogP contribution in [0.25, 0.3) is 0 Å². The Labute approximate surface area is 110 Å². The van der Waals surface area contributed by atoms with Crippen molar-refractivity contribution in [1.82, 2.24) is 5.32 Å². The fourth-order valence-electron chi connectivity index (χ4n) is 3.13. The van der Waals surface area contributed by atoms with Crippen molar-refractivity contribution in [2.75, 3.05) is 6.61 Å². The lowest BCUT2D eigenvalue weighted by molar-refractivity contribution is 0.0525. The summed E-state index contributed by atoms with van der Waals surface area (Å²) in [6, 6.07) is 10.4. The average molecular weight is 247 g/mol. The largest absolute Gasteiger partial charge is 0.394 e. The summed E-state index contributed by atoms with van der Waals surface area (Å²) in [6.07, 6.45) is 3.58. The maximum Gasteiger partial charge on any atom is 0.0616 e. The lowest BCUT2D eigenvalue weighted by atomic mass is 9.70. The van der Waals surface area contributed by atoms with Crippen LogP contribution in [0.3, 0.4) is 0 Å². The lowest BCUT2D eigenvalue weighted by Crippen LogP contribution is -2.56. The molecule has 0 amide bonds. The van der Waals surface area contributed by atoms with Crippen molar-refractivity contribution in [3.63, 3.8) is 0 Å². The van der Waals surface area contributed by atoms with Gasteiger partial charge in [0.05, 0.1) is 6.61 Å². The molecule has 2 rings (SSSR count). The second-order valence-corrected chi connectivity index (χ2v) is 5.94. The molecule has 1 aromatic rings. The normalized spacial score (nSPS) is 32.4. The van der Waals surface area contributed by atoms with Crippen molar-refractivity contribution in [3.8, 4) is 0 Å². The molecule has 1 saturated carbocycles. The van der Waals surface area contributed by atoms with Gasteiger partial charge in [-0.3, -0.25) is 0 Å². The van der Waals surface area contributed by atoms with Gasteiger partial charge in [0, 0.05) is 12.1 Å². The summed E-state index contributed by atoms with van der Waals surface area (Å²) < 4.78 is 0. The first-order chi connectivity index (χ1) is 8.66. The fraction of sp³-hybridized carbons (Fsp3) is 0.625. The van der Waals surface area contributed by atoms with E-state index < -0.39 is 0 Å². The van der Waals surface area contributed by atoms with E-state index in [2.05, 4.69) is 43.4 Å². The van der Waals surface area contributed by atoms with Gasteiger partial charge in [0.2, 0.25) is 0 Å². The van der Waals surface area contributed by atoms with Gasteiger partial charge in [-0.15, -0.1) is 0 Å². The molecule has 0 radical (unpaired) electrons. The van der Waals surface area contributed by atoms with Gasteiger partial charge in [-0.25, -0.2) is 0 Å². The van der Waals surface area contributed by atoms with Crippen LogP contribution in [0.4, 0.5) is 0 Å². The van der Waals surface area contributed by atoms with Crippen molar-refractivity contribution in [3.05, 3.63) is 35.9 Å². The molecule has 0 spiro atoms. The Morgan fingerprint density at radius 1 is 1.22 bits per heavy atom. The molecule has 1 aliphatic rings. The molecule has 0 aliphatic heterocycles. The summed E-state index contributed by atoms with van der Waals surface area (Å²) in [7, 11) is 0. The summed E-state index contributed by atoms with van der Waals surface area (Å²) >= 11 is 0. The van der Waals surface area contributed by atoms with Crippen LogP contribution in [0.5, 0.6) is 0 Å². The van der Waals surface area contributed by atoms with E-state index in [1.165, 1.54) is 18.4 Å². The molecule has 1 aromatic carbocycles. The minimum atomic E-state index is -0.0898. The predicted octanol–water partition coefficient (Wildman–Crippen LogP) is 2.96. The summed E-state index contributed by atoms with van der Waals surface area (Å²) in [5.41, 5.74) is 1.20. The average Bonchev–Trinajstić information content (AvgIpc) is 2.41. The molecule has 2 nitrogen and oxygen atoms in total. The smallest absolute Gasteiger partial charge is 0.0616 e. The Kier molecular flexibility index (Phi) is 4.41. The zero-order valence-corrected chi connectivity index (χ0v) is 11.5. The third-order valence-electron chi connectivity index (χ3n) is 4.52. The van der Waals surface area contributed by atoms with Crippen LogP contribution in [-0.4, -0.2) is 17.3 Å². The van der Waals surface area contributed by atoms with Crippen molar-refractivity contribution >= 4 is 0 Å². The van der Waals surface area contributed by atoms with Crippen LogP contribution in [0.2, 0.25) is 0 Å². The highest BCUT2D eigenvalue weighted by Gasteiger charge is 2.39. The number of rotatable bonds is 4. The van der Waals surface area contributed by atoms with Crippen molar-refractivity contribution in [2.24, 2.45) is 11.8 Å². The van der Waals surface area contributed by atoms with Crippen LogP contribution in [0, 0.1) is 11.8 Å². The fourth-order valence-corrected chi connectivity index (χ4v) is 3.13. The quantitative estimate of drug-likeness (QED) is 0.857.